The topological polar surface area (TPSA) is 106 Å². The van der Waals surface area contributed by atoms with E-state index in [1.807, 2.05) is 18.7 Å². The molecule has 2 aliphatic carbocycles. The van der Waals surface area contributed by atoms with Crippen LogP contribution in [-0.2, 0) is 22.4 Å². The molecule has 6 rings (SSSR count). The fourth-order valence-electron chi connectivity index (χ4n) is 8.13. The van der Waals surface area contributed by atoms with E-state index in [9.17, 15) is 35.5 Å². The molecule has 2 atom stereocenters. The maximum absolute atomic E-state index is 17.3. The first kappa shape index (κ1) is 45.2. The highest BCUT2D eigenvalue weighted by Crippen LogP contribution is 2.52. The minimum Gasteiger partial charge on any atom is -0.490 e. The second-order valence-electron chi connectivity index (χ2n) is 15.7. The summed E-state index contributed by atoms with van der Waals surface area (Å²) in [6, 6.07) is 3.92. The third-order valence-electron chi connectivity index (χ3n) is 10.8. The molecule has 1 N–H and O–H groups in total. The van der Waals surface area contributed by atoms with E-state index < -0.39 is 45.7 Å². The van der Waals surface area contributed by atoms with Gasteiger partial charge in [-0.15, -0.1) is 34.0 Å². The molecule has 0 bridgehead atoms. The molecule has 1 aromatic carbocycles. The number of aliphatic hydroxyl groups excluding tert-OH is 1. The minimum atomic E-state index is -4.61. The van der Waals surface area contributed by atoms with Gasteiger partial charge in [0.25, 0.3) is 0 Å². The molecule has 0 radical (unpaired) electrons. The number of piperidine rings is 1. The van der Waals surface area contributed by atoms with Crippen LogP contribution < -0.4 is 9.64 Å². The van der Waals surface area contributed by atoms with Crippen molar-refractivity contribution in [3.63, 3.8) is 0 Å². The SMILES string of the molecule is Br.Br.CC1(C)Cc2nc(C3CCN(c4ncc(OCCCS(C)(=O)=O)cn4)CC3)c([C@@H](F)c3ccc(C(F)(F)F)cc3)c(C3CCC(F)(F)CC3)c2[C@@H](O)C1. The van der Waals surface area contributed by atoms with Gasteiger partial charge in [0.15, 0.2) is 11.9 Å². The molecule has 0 spiro atoms. The second-order valence-corrected chi connectivity index (χ2v) is 17.9. The van der Waals surface area contributed by atoms with Crippen LogP contribution in [0.15, 0.2) is 36.7 Å². The fourth-order valence-corrected chi connectivity index (χ4v) is 8.77. The summed E-state index contributed by atoms with van der Waals surface area (Å²) in [7, 11) is -3.10. The van der Waals surface area contributed by atoms with Crippen molar-refractivity contribution < 1.29 is 44.6 Å². The molecule has 2 fully saturated rings. The van der Waals surface area contributed by atoms with Crippen LogP contribution >= 0.6 is 34.0 Å². The molecule has 3 heterocycles. The lowest BCUT2D eigenvalue weighted by atomic mass is 9.68. The van der Waals surface area contributed by atoms with Gasteiger partial charge < -0.3 is 14.7 Å². The Morgan fingerprint density at radius 1 is 0.964 bits per heavy atom. The Kier molecular flexibility index (Phi) is 14.4. The van der Waals surface area contributed by atoms with Crippen LogP contribution in [0.5, 0.6) is 5.75 Å². The van der Waals surface area contributed by atoms with E-state index in [-0.39, 0.29) is 94.5 Å². The summed E-state index contributed by atoms with van der Waals surface area (Å²) in [5.41, 5.74) is 1.01. The molecule has 306 valence electrons. The lowest BCUT2D eigenvalue weighted by Gasteiger charge is -2.41. The summed E-state index contributed by atoms with van der Waals surface area (Å²) in [5.74, 6) is -2.76. The van der Waals surface area contributed by atoms with E-state index in [1.54, 1.807) is 0 Å². The van der Waals surface area contributed by atoms with Crippen LogP contribution in [0.2, 0.25) is 0 Å². The van der Waals surface area contributed by atoms with Gasteiger partial charge in [0.2, 0.25) is 11.9 Å². The van der Waals surface area contributed by atoms with Crippen LogP contribution in [0.4, 0.5) is 32.3 Å². The number of hydrogen-bond donors (Lipinski definition) is 1. The quantitative estimate of drug-likeness (QED) is 0.159. The Labute approximate surface area is 339 Å². The van der Waals surface area contributed by atoms with Crippen molar-refractivity contribution >= 4 is 49.7 Å². The third-order valence-corrected chi connectivity index (χ3v) is 11.8. The molecule has 55 heavy (non-hydrogen) atoms. The van der Waals surface area contributed by atoms with E-state index in [2.05, 4.69) is 9.97 Å². The third kappa shape index (κ3) is 10.9. The van der Waals surface area contributed by atoms with Crippen molar-refractivity contribution in [2.75, 3.05) is 36.6 Å². The predicted molar refractivity (Wildman–Crippen MR) is 209 cm³/mol. The number of anilines is 1. The normalized spacial score (nSPS) is 20.8. The molecule has 0 unspecified atom stereocenters. The van der Waals surface area contributed by atoms with Crippen molar-refractivity contribution in [1.29, 1.82) is 0 Å². The summed E-state index contributed by atoms with van der Waals surface area (Å²) in [5, 5.41) is 11.6. The van der Waals surface area contributed by atoms with Gasteiger partial charge in [-0.2, -0.15) is 13.2 Å². The number of aromatic nitrogens is 3. The van der Waals surface area contributed by atoms with Gasteiger partial charge in [0.05, 0.1) is 42.1 Å². The second kappa shape index (κ2) is 17.6. The number of fused-ring (bicyclic) bond motifs is 1. The summed E-state index contributed by atoms with van der Waals surface area (Å²) in [6.07, 6.45) is -1.70. The number of pyridine rings is 1. The highest BCUT2D eigenvalue weighted by molar-refractivity contribution is 8.93. The highest BCUT2D eigenvalue weighted by atomic mass is 79.9. The Balaban J connectivity index is 0.00000336. The van der Waals surface area contributed by atoms with Crippen molar-refractivity contribution in [3.8, 4) is 5.75 Å². The lowest BCUT2D eigenvalue weighted by molar-refractivity contribution is -0.137. The average Bonchev–Trinajstić information content (AvgIpc) is 3.08. The van der Waals surface area contributed by atoms with Gasteiger partial charge in [-0.05, 0) is 79.5 Å². The van der Waals surface area contributed by atoms with Crippen molar-refractivity contribution in [2.45, 2.75) is 108 Å². The average molecular weight is 931 g/mol. The summed E-state index contributed by atoms with van der Waals surface area (Å²) in [6.45, 7) is 5.18. The van der Waals surface area contributed by atoms with Crippen LogP contribution in [0.1, 0.15) is 129 Å². The first-order valence-corrected chi connectivity index (χ1v) is 20.2. The van der Waals surface area contributed by atoms with E-state index in [4.69, 9.17) is 9.72 Å². The standard InChI is InChI=1S/C38H46F6N4O4S.2BrH/c1-36(2)19-28-31(29(49)20-36)30(23-9-13-37(40,41)14-10-23)32(33(39)24-5-7-26(8-6-24)38(42,43)44)34(47-28)25-11-15-48(16-12-25)35-45-21-27(22-46-35)52-17-4-18-53(3,50)51;;/h5-8,21-23,25,29,33,49H,4,9-20H2,1-3H3;2*1H/t29-,33-;;/m0../s1. The molecule has 1 saturated heterocycles. The molecular formula is C38H48Br2F6N4O4S. The van der Waals surface area contributed by atoms with Crippen molar-refractivity contribution in [2.24, 2.45) is 5.41 Å². The summed E-state index contributed by atoms with van der Waals surface area (Å²) >= 11 is 0. The van der Waals surface area contributed by atoms with Crippen LogP contribution in [0.25, 0.3) is 0 Å². The van der Waals surface area contributed by atoms with E-state index >= 15 is 4.39 Å². The Morgan fingerprint density at radius 3 is 2.13 bits per heavy atom. The van der Waals surface area contributed by atoms with Crippen LogP contribution in [0.3, 0.4) is 0 Å². The smallest absolute Gasteiger partial charge is 0.416 e. The Hall–Kier alpha value is -2.50. The lowest BCUT2D eigenvalue weighted by Crippen LogP contribution is -2.36. The van der Waals surface area contributed by atoms with Gasteiger partial charge in [-0.1, -0.05) is 26.0 Å². The number of aliphatic hydroxyl groups is 1. The van der Waals surface area contributed by atoms with Gasteiger partial charge in [0, 0.05) is 54.9 Å². The first-order valence-electron chi connectivity index (χ1n) is 18.1. The zero-order valence-electron chi connectivity index (χ0n) is 30.9. The monoisotopic (exact) mass is 928 g/mol. The minimum absolute atomic E-state index is 0. The summed E-state index contributed by atoms with van der Waals surface area (Å²) < 4.78 is 115. The van der Waals surface area contributed by atoms with E-state index in [0.717, 1.165) is 30.5 Å². The number of nitrogens with zero attached hydrogens (tertiary/aromatic N) is 4. The number of halogens is 8. The molecule has 1 saturated carbocycles. The first-order chi connectivity index (χ1) is 24.8. The van der Waals surface area contributed by atoms with Gasteiger partial charge >= 0.3 is 6.18 Å². The fraction of sp³-hybridized carbons (Fsp3) is 0.605. The number of benzene rings is 1. The molecule has 2 aromatic heterocycles. The molecule has 17 heteroatoms. The largest absolute Gasteiger partial charge is 0.490 e. The van der Waals surface area contributed by atoms with Gasteiger partial charge in [-0.25, -0.2) is 31.6 Å². The zero-order valence-corrected chi connectivity index (χ0v) is 35.2. The highest BCUT2D eigenvalue weighted by Gasteiger charge is 2.44. The molecule has 8 nitrogen and oxygen atoms in total. The molecule has 3 aromatic rings. The van der Waals surface area contributed by atoms with Gasteiger partial charge in [-0.3, -0.25) is 4.98 Å². The molecule has 0 amide bonds. The predicted octanol–water partition coefficient (Wildman–Crippen LogP) is 9.60. The Bertz CT molecular complexity index is 1870. The molecule has 3 aliphatic rings. The Morgan fingerprint density at radius 2 is 1.56 bits per heavy atom. The van der Waals surface area contributed by atoms with Crippen LogP contribution in [0, 0.1) is 5.41 Å². The maximum Gasteiger partial charge on any atom is 0.416 e. The number of ether oxygens (including phenoxy) is 1. The molecular weight excluding hydrogens is 882 g/mol. The number of rotatable bonds is 10. The van der Waals surface area contributed by atoms with Gasteiger partial charge in [0.1, 0.15) is 9.84 Å². The summed E-state index contributed by atoms with van der Waals surface area (Å²) in [4.78, 5) is 15.9. The van der Waals surface area contributed by atoms with E-state index in [0.29, 0.717) is 79.4 Å². The van der Waals surface area contributed by atoms with E-state index in [1.165, 1.54) is 12.4 Å². The van der Waals surface area contributed by atoms with Crippen molar-refractivity contribution in [3.05, 3.63) is 75.9 Å². The zero-order chi connectivity index (χ0) is 38.3. The maximum atomic E-state index is 17.3. The number of hydrogen-bond acceptors (Lipinski definition) is 8. The van der Waals surface area contributed by atoms with Crippen molar-refractivity contribution in [1.82, 2.24) is 15.0 Å². The van der Waals surface area contributed by atoms with Crippen LogP contribution in [-0.4, -0.2) is 66.1 Å². The number of sulfone groups is 1. The number of alkyl halides is 6. The molecule has 1 aliphatic heterocycles.